The van der Waals surface area contributed by atoms with Gasteiger partial charge in [-0.15, -0.1) is 0 Å². The molecule has 2 heterocycles. The highest BCUT2D eigenvalue weighted by Gasteiger charge is 2.29. The standard InChI is InChI=1S/C20H24N4O2S/c1-15(2)26-17-6-4-16(5-7-17)14-18-19(25)22-20(27-18)24-12-10-23(11-13-24)9-3-8-21/h4-7,14-15H,3,9-13H2,1-2H3/p+1/b18-14-. The average Bonchev–Trinajstić information content (AvgIpc) is 3.02. The van der Waals surface area contributed by atoms with Gasteiger partial charge in [0.2, 0.25) is 0 Å². The summed E-state index contributed by atoms with van der Waals surface area (Å²) in [6.45, 7) is 8.58. The number of carbonyl (C=O) groups excluding carboxylic acids is 1. The third-order valence-electron chi connectivity index (χ3n) is 4.49. The van der Waals surface area contributed by atoms with Crippen LogP contribution in [-0.4, -0.2) is 54.8 Å². The van der Waals surface area contributed by atoms with E-state index >= 15 is 0 Å². The van der Waals surface area contributed by atoms with Crippen LogP contribution < -0.4 is 9.64 Å². The second-order valence-electron chi connectivity index (χ2n) is 6.94. The molecule has 1 fully saturated rings. The highest BCUT2D eigenvalue weighted by Crippen LogP contribution is 2.30. The van der Waals surface area contributed by atoms with Crippen molar-refractivity contribution in [2.45, 2.75) is 26.4 Å². The van der Waals surface area contributed by atoms with Crippen LogP contribution in [0.15, 0.2) is 34.2 Å². The Hall–Kier alpha value is -2.30. The van der Waals surface area contributed by atoms with E-state index in [0.29, 0.717) is 11.3 Å². The fraction of sp³-hybridized carbons (Fsp3) is 0.450. The van der Waals surface area contributed by atoms with Gasteiger partial charge < -0.3 is 14.5 Å². The summed E-state index contributed by atoms with van der Waals surface area (Å²) < 4.78 is 5.65. The van der Waals surface area contributed by atoms with Gasteiger partial charge in [0.15, 0.2) is 5.17 Å². The first-order valence-electron chi connectivity index (χ1n) is 9.30. The van der Waals surface area contributed by atoms with E-state index in [4.69, 9.17) is 10.00 Å². The van der Waals surface area contributed by atoms with Crippen molar-refractivity contribution in [1.82, 2.24) is 4.90 Å². The Labute approximate surface area is 164 Å². The molecule has 6 nitrogen and oxygen atoms in total. The van der Waals surface area contributed by atoms with E-state index in [2.05, 4.69) is 16.0 Å². The third kappa shape index (κ3) is 5.34. The lowest BCUT2D eigenvalue weighted by Crippen LogP contribution is -3.14. The van der Waals surface area contributed by atoms with Crippen LogP contribution in [0.2, 0.25) is 0 Å². The van der Waals surface area contributed by atoms with Crippen LogP contribution in [0.25, 0.3) is 6.08 Å². The van der Waals surface area contributed by atoms with Gasteiger partial charge in [0.1, 0.15) is 5.75 Å². The molecule has 27 heavy (non-hydrogen) atoms. The van der Waals surface area contributed by atoms with Gasteiger partial charge in [0.05, 0.1) is 56.2 Å². The Morgan fingerprint density at radius 3 is 2.67 bits per heavy atom. The van der Waals surface area contributed by atoms with Crippen molar-refractivity contribution >= 4 is 28.9 Å². The van der Waals surface area contributed by atoms with Crippen molar-refractivity contribution in [1.29, 1.82) is 5.26 Å². The first-order chi connectivity index (χ1) is 13.0. The molecule has 0 spiro atoms. The van der Waals surface area contributed by atoms with Crippen molar-refractivity contribution in [2.75, 3.05) is 32.7 Å². The molecule has 1 amide bonds. The molecule has 0 atom stereocenters. The molecule has 0 saturated carbocycles. The molecule has 1 saturated heterocycles. The second-order valence-corrected chi connectivity index (χ2v) is 7.95. The van der Waals surface area contributed by atoms with Crippen LogP contribution in [0.1, 0.15) is 25.8 Å². The number of ether oxygens (including phenoxy) is 1. The van der Waals surface area contributed by atoms with Gasteiger partial charge in [-0.1, -0.05) is 12.1 Å². The number of amides is 1. The molecule has 1 aromatic rings. The summed E-state index contributed by atoms with van der Waals surface area (Å²) in [4.78, 5) is 20.8. The fourth-order valence-corrected chi connectivity index (χ4v) is 4.06. The van der Waals surface area contributed by atoms with Crippen molar-refractivity contribution in [3.63, 3.8) is 0 Å². The average molecular weight is 386 g/mol. The van der Waals surface area contributed by atoms with Crippen LogP contribution in [-0.2, 0) is 4.79 Å². The first-order valence-corrected chi connectivity index (χ1v) is 10.1. The highest BCUT2D eigenvalue weighted by atomic mass is 32.2. The van der Waals surface area contributed by atoms with Crippen molar-refractivity contribution in [2.24, 2.45) is 4.99 Å². The summed E-state index contributed by atoms with van der Waals surface area (Å²) in [5.41, 5.74) is 0.962. The van der Waals surface area contributed by atoms with Gasteiger partial charge in [-0.2, -0.15) is 10.3 Å². The zero-order valence-corrected chi connectivity index (χ0v) is 16.6. The SMILES string of the molecule is CC(C)Oc1ccc(/C=C2\SC(N3CC[NH+](CCC#N)CC3)=NC2=O)cc1. The van der Waals surface area contributed by atoms with Gasteiger partial charge in [0, 0.05) is 0 Å². The lowest BCUT2D eigenvalue weighted by molar-refractivity contribution is -0.903. The number of nitrogens with one attached hydrogen (secondary N) is 1. The Bertz CT molecular complexity index is 772. The number of thioether (sulfide) groups is 1. The summed E-state index contributed by atoms with van der Waals surface area (Å²) in [5, 5.41) is 9.50. The van der Waals surface area contributed by atoms with Gasteiger partial charge in [0.25, 0.3) is 5.91 Å². The maximum Gasteiger partial charge on any atom is 0.286 e. The molecule has 3 rings (SSSR count). The largest absolute Gasteiger partial charge is 0.491 e. The number of carbonyl (C=O) groups is 1. The summed E-state index contributed by atoms with van der Waals surface area (Å²) in [6, 6.07) is 9.95. The van der Waals surface area contributed by atoms with Crippen molar-refractivity contribution in [3.05, 3.63) is 34.7 Å². The van der Waals surface area contributed by atoms with Gasteiger partial charge in [-0.3, -0.25) is 4.79 Å². The topological polar surface area (TPSA) is 70.1 Å². The Morgan fingerprint density at radius 2 is 2.04 bits per heavy atom. The summed E-state index contributed by atoms with van der Waals surface area (Å²) in [6.07, 6.45) is 2.62. The normalized spacial score (nSPS) is 19.5. The Balaban J connectivity index is 1.57. The smallest absolute Gasteiger partial charge is 0.286 e. The van der Waals surface area contributed by atoms with E-state index < -0.39 is 0 Å². The van der Waals surface area contributed by atoms with Crippen LogP contribution >= 0.6 is 11.8 Å². The summed E-state index contributed by atoms with van der Waals surface area (Å²) in [7, 11) is 0. The van der Waals surface area contributed by atoms with Gasteiger partial charge >= 0.3 is 0 Å². The van der Waals surface area contributed by atoms with E-state index in [1.54, 1.807) is 0 Å². The van der Waals surface area contributed by atoms with E-state index in [9.17, 15) is 4.79 Å². The molecule has 142 valence electrons. The molecule has 0 aromatic heterocycles. The first kappa shape index (κ1) is 19.5. The highest BCUT2D eigenvalue weighted by molar-refractivity contribution is 8.18. The molecule has 0 bridgehead atoms. The van der Waals surface area contributed by atoms with Crippen LogP contribution in [0.3, 0.4) is 0 Å². The van der Waals surface area contributed by atoms with E-state index in [1.807, 2.05) is 44.2 Å². The molecule has 0 radical (unpaired) electrons. The number of rotatable bonds is 5. The van der Waals surface area contributed by atoms with E-state index in [0.717, 1.165) is 49.2 Å². The molecule has 7 heteroatoms. The maximum atomic E-state index is 12.3. The lowest BCUT2D eigenvalue weighted by Gasteiger charge is -2.32. The number of benzene rings is 1. The minimum Gasteiger partial charge on any atom is -0.491 e. The summed E-state index contributed by atoms with van der Waals surface area (Å²) >= 11 is 1.45. The number of amidine groups is 1. The zero-order chi connectivity index (χ0) is 19.2. The zero-order valence-electron chi connectivity index (χ0n) is 15.8. The van der Waals surface area contributed by atoms with Crippen molar-refractivity contribution < 1.29 is 14.4 Å². The molecule has 1 aromatic carbocycles. The Morgan fingerprint density at radius 1 is 1.33 bits per heavy atom. The maximum absolute atomic E-state index is 12.3. The predicted octanol–water partition coefficient (Wildman–Crippen LogP) is 1.56. The number of aliphatic imine (C=N–C) groups is 1. The molecule has 1 N–H and O–H groups in total. The van der Waals surface area contributed by atoms with Gasteiger partial charge in [-0.05, 0) is 49.4 Å². The van der Waals surface area contributed by atoms with Crippen LogP contribution in [0, 0.1) is 11.3 Å². The van der Waals surface area contributed by atoms with Crippen LogP contribution in [0.5, 0.6) is 5.75 Å². The lowest BCUT2D eigenvalue weighted by atomic mass is 10.2. The number of piperazine rings is 1. The minimum atomic E-state index is -0.170. The molecule has 2 aliphatic rings. The molecular formula is C20H25N4O2S+. The third-order valence-corrected chi connectivity index (χ3v) is 5.53. The fourth-order valence-electron chi connectivity index (χ4n) is 3.10. The van der Waals surface area contributed by atoms with E-state index in [1.165, 1.54) is 16.7 Å². The Kier molecular flexibility index (Phi) is 6.54. The molecular weight excluding hydrogens is 360 g/mol. The molecule has 2 aliphatic heterocycles. The molecule has 0 unspecified atom stereocenters. The van der Waals surface area contributed by atoms with Crippen LogP contribution in [0.4, 0.5) is 0 Å². The van der Waals surface area contributed by atoms with E-state index in [-0.39, 0.29) is 12.0 Å². The number of hydrogen-bond donors (Lipinski definition) is 1. The second kappa shape index (κ2) is 9.07. The molecule has 0 aliphatic carbocycles. The number of quaternary nitrogens is 1. The quantitative estimate of drug-likeness (QED) is 0.779. The van der Waals surface area contributed by atoms with Crippen molar-refractivity contribution in [3.8, 4) is 11.8 Å². The van der Waals surface area contributed by atoms with Gasteiger partial charge in [-0.25, -0.2) is 0 Å². The predicted molar refractivity (Wildman–Crippen MR) is 108 cm³/mol. The monoisotopic (exact) mass is 385 g/mol. The summed E-state index contributed by atoms with van der Waals surface area (Å²) in [5.74, 6) is 0.656. The number of nitrogens with zero attached hydrogens (tertiary/aromatic N) is 3. The number of hydrogen-bond acceptors (Lipinski definition) is 5. The number of nitriles is 1. The minimum absolute atomic E-state index is 0.138.